The van der Waals surface area contributed by atoms with Crippen molar-refractivity contribution in [2.45, 2.75) is 53.6 Å². The Balaban J connectivity index is 0.000000297. The van der Waals surface area contributed by atoms with Gasteiger partial charge in [-0.1, -0.05) is 32.9 Å². The lowest BCUT2D eigenvalue weighted by Gasteiger charge is -2.32. The first-order valence-corrected chi connectivity index (χ1v) is 11.1. The van der Waals surface area contributed by atoms with E-state index >= 15 is 0 Å². The first-order chi connectivity index (χ1) is 15.9. The number of anilines is 2. The van der Waals surface area contributed by atoms with Crippen LogP contribution in [0.5, 0.6) is 0 Å². The van der Waals surface area contributed by atoms with E-state index < -0.39 is 11.6 Å². The smallest absolute Gasteiger partial charge is 0.325 e. The number of hydrogen-bond acceptors (Lipinski definition) is 4. The molecular formula is C25H27F4N5. The predicted octanol–water partition coefficient (Wildman–Crippen LogP) is 6.71. The highest BCUT2D eigenvalue weighted by Gasteiger charge is 2.42. The Labute approximate surface area is 195 Å². The van der Waals surface area contributed by atoms with Gasteiger partial charge in [-0.05, 0) is 62.1 Å². The van der Waals surface area contributed by atoms with Gasteiger partial charge in [-0.2, -0.15) is 18.2 Å². The van der Waals surface area contributed by atoms with Gasteiger partial charge in [-0.15, -0.1) is 10.2 Å². The maximum absolute atomic E-state index is 14.1. The largest absolute Gasteiger partial charge is 0.393 e. The molecule has 0 spiro atoms. The molecule has 2 aromatic carbocycles. The zero-order valence-corrected chi connectivity index (χ0v) is 19.8. The van der Waals surface area contributed by atoms with E-state index in [1.165, 1.54) is 17.2 Å². The molecule has 0 saturated heterocycles. The number of halogens is 4. The van der Waals surface area contributed by atoms with Gasteiger partial charge in [0.25, 0.3) is 5.78 Å². The first kappa shape index (κ1) is 23.9. The Morgan fingerprint density at radius 1 is 0.971 bits per heavy atom. The first-order valence-electron chi connectivity index (χ1n) is 11.1. The van der Waals surface area contributed by atoms with Crippen LogP contribution in [-0.4, -0.2) is 32.3 Å². The van der Waals surface area contributed by atoms with Crippen molar-refractivity contribution in [1.29, 1.82) is 0 Å². The molecule has 180 valence electrons. The van der Waals surface area contributed by atoms with Gasteiger partial charge in [0, 0.05) is 17.6 Å². The summed E-state index contributed by atoms with van der Waals surface area (Å²) in [6.45, 7) is 8.30. The quantitative estimate of drug-likeness (QED) is 0.288. The summed E-state index contributed by atoms with van der Waals surface area (Å²) in [6, 6.07) is 11.1. The number of fused-ring (bicyclic) bond motifs is 4. The van der Waals surface area contributed by atoms with Crippen LogP contribution in [0.1, 0.15) is 44.1 Å². The Morgan fingerprint density at radius 2 is 1.68 bits per heavy atom. The molecule has 0 radical (unpaired) electrons. The zero-order valence-electron chi connectivity index (χ0n) is 19.8. The van der Waals surface area contributed by atoms with Crippen LogP contribution in [0.15, 0.2) is 36.4 Å². The second kappa shape index (κ2) is 8.52. The van der Waals surface area contributed by atoms with Gasteiger partial charge in [0.1, 0.15) is 17.5 Å². The molecule has 34 heavy (non-hydrogen) atoms. The number of aromatic nitrogens is 4. The van der Waals surface area contributed by atoms with Gasteiger partial charge >= 0.3 is 6.18 Å². The van der Waals surface area contributed by atoms with E-state index in [4.69, 9.17) is 4.98 Å². The summed E-state index contributed by atoms with van der Waals surface area (Å²) in [5, 5.41) is 9.13. The highest BCUT2D eigenvalue weighted by Crippen LogP contribution is 2.38. The van der Waals surface area contributed by atoms with E-state index in [-0.39, 0.29) is 5.82 Å². The van der Waals surface area contributed by atoms with E-state index in [0.717, 1.165) is 68.4 Å². The summed E-state index contributed by atoms with van der Waals surface area (Å²) < 4.78 is 50.6. The fraction of sp³-hybridized carbons (Fsp3) is 0.400. The molecule has 1 aliphatic heterocycles. The monoisotopic (exact) mass is 473 g/mol. The molecule has 0 aliphatic carbocycles. The fourth-order valence-corrected chi connectivity index (χ4v) is 3.97. The molecule has 0 bridgehead atoms. The second-order valence-corrected chi connectivity index (χ2v) is 9.56. The summed E-state index contributed by atoms with van der Waals surface area (Å²) in [4.78, 5) is 6.96. The molecule has 5 rings (SSSR count). The standard InChI is InChI=1S/C20H18FN5.C5H9F3/c1-12-5-3-7-17-15(12)6-4-10-25(17)19-16-11-14(21)8-9-18(16)26-13(2)23-24-20(26)22-19;1-4(2,3)5(6,7)8/h3,5,7-9,11H,4,6,10H2,1-2H3;1-3H3. The van der Waals surface area contributed by atoms with Gasteiger partial charge in [0.05, 0.1) is 10.9 Å². The third-order valence-electron chi connectivity index (χ3n) is 6.04. The van der Waals surface area contributed by atoms with E-state index in [1.807, 2.05) is 11.3 Å². The number of alkyl halides is 3. The molecule has 0 N–H and O–H groups in total. The van der Waals surface area contributed by atoms with Crippen LogP contribution in [0.4, 0.5) is 29.1 Å². The van der Waals surface area contributed by atoms with Crippen LogP contribution >= 0.6 is 0 Å². The minimum atomic E-state index is -4.06. The van der Waals surface area contributed by atoms with Crippen LogP contribution in [0, 0.1) is 25.1 Å². The SMILES string of the molecule is CC(C)(C)C(F)(F)F.Cc1cccc2c1CCCN2c1nc2nnc(C)n2c2ccc(F)cc12. The van der Waals surface area contributed by atoms with Crippen molar-refractivity contribution in [3.05, 3.63) is 59.2 Å². The molecule has 0 amide bonds. The summed E-state index contributed by atoms with van der Waals surface area (Å²) in [5.41, 5.74) is 3.07. The molecule has 4 aromatic rings. The topological polar surface area (TPSA) is 46.3 Å². The third kappa shape index (κ3) is 4.31. The van der Waals surface area contributed by atoms with Crippen molar-refractivity contribution in [3.8, 4) is 0 Å². The lowest BCUT2D eigenvalue weighted by molar-refractivity contribution is -0.204. The van der Waals surface area contributed by atoms with Gasteiger partial charge in [0.2, 0.25) is 0 Å². The van der Waals surface area contributed by atoms with E-state index in [1.54, 1.807) is 12.1 Å². The van der Waals surface area contributed by atoms with E-state index in [9.17, 15) is 17.6 Å². The summed E-state index contributed by atoms with van der Waals surface area (Å²) in [6.07, 6.45) is -1.97. The van der Waals surface area contributed by atoms with Crippen molar-refractivity contribution in [2.75, 3.05) is 11.4 Å². The van der Waals surface area contributed by atoms with Gasteiger partial charge in [-0.3, -0.25) is 4.40 Å². The summed E-state index contributed by atoms with van der Waals surface area (Å²) in [7, 11) is 0. The van der Waals surface area contributed by atoms with Crippen LogP contribution in [0.25, 0.3) is 16.7 Å². The van der Waals surface area contributed by atoms with Crippen molar-refractivity contribution >= 4 is 28.2 Å². The summed E-state index contributed by atoms with van der Waals surface area (Å²) in [5.74, 6) is 1.75. The molecule has 0 fully saturated rings. The highest BCUT2D eigenvalue weighted by molar-refractivity contribution is 5.94. The van der Waals surface area contributed by atoms with Gasteiger partial charge < -0.3 is 4.90 Å². The fourth-order valence-electron chi connectivity index (χ4n) is 3.97. The average Bonchev–Trinajstić information content (AvgIpc) is 3.13. The van der Waals surface area contributed by atoms with Crippen LogP contribution < -0.4 is 4.90 Å². The number of benzene rings is 2. The van der Waals surface area contributed by atoms with Crippen molar-refractivity contribution < 1.29 is 17.6 Å². The third-order valence-corrected chi connectivity index (χ3v) is 6.04. The lowest BCUT2D eigenvalue weighted by Crippen LogP contribution is -2.28. The van der Waals surface area contributed by atoms with Gasteiger partial charge in [-0.25, -0.2) is 4.39 Å². The Morgan fingerprint density at radius 3 is 2.35 bits per heavy atom. The number of nitrogens with zero attached hydrogens (tertiary/aromatic N) is 5. The Bertz CT molecular complexity index is 1340. The maximum atomic E-state index is 14.1. The second-order valence-electron chi connectivity index (χ2n) is 9.56. The molecular weight excluding hydrogens is 446 g/mol. The zero-order chi connectivity index (χ0) is 24.8. The van der Waals surface area contributed by atoms with Crippen LogP contribution in [0.3, 0.4) is 0 Å². The molecule has 0 unspecified atom stereocenters. The van der Waals surface area contributed by atoms with Crippen molar-refractivity contribution in [2.24, 2.45) is 5.41 Å². The molecule has 9 heteroatoms. The minimum absolute atomic E-state index is 0.271. The normalized spacial score (nSPS) is 14.2. The summed E-state index contributed by atoms with van der Waals surface area (Å²) >= 11 is 0. The number of hydrogen-bond donors (Lipinski definition) is 0. The molecule has 0 atom stereocenters. The average molecular weight is 474 g/mol. The lowest BCUT2D eigenvalue weighted by atomic mass is 9.96. The minimum Gasteiger partial charge on any atom is -0.325 e. The molecule has 2 aromatic heterocycles. The van der Waals surface area contributed by atoms with Crippen molar-refractivity contribution in [1.82, 2.24) is 19.6 Å². The van der Waals surface area contributed by atoms with E-state index in [2.05, 4.69) is 40.2 Å². The number of rotatable bonds is 1. The van der Waals surface area contributed by atoms with Crippen molar-refractivity contribution in [3.63, 3.8) is 0 Å². The highest BCUT2D eigenvalue weighted by atomic mass is 19.4. The predicted molar refractivity (Wildman–Crippen MR) is 125 cm³/mol. The maximum Gasteiger partial charge on any atom is 0.393 e. The Kier molecular flexibility index (Phi) is 5.99. The number of aryl methyl sites for hydroxylation is 2. The van der Waals surface area contributed by atoms with E-state index in [0.29, 0.717) is 5.78 Å². The molecule has 0 saturated carbocycles. The van der Waals surface area contributed by atoms with Crippen LogP contribution in [0.2, 0.25) is 0 Å². The molecule has 3 heterocycles. The Hall–Kier alpha value is -3.23. The molecule has 5 nitrogen and oxygen atoms in total. The van der Waals surface area contributed by atoms with Gasteiger partial charge in [0.15, 0.2) is 0 Å². The molecule has 1 aliphatic rings. The van der Waals surface area contributed by atoms with Crippen LogP contribution in [-0.2, 0) is 6.42 Å².